The van der Waals surface area contributed by atoms with Crippen LogP contribution in [0.1, 0.15) is 0 Å². The largest absolute Gasteiger partial charge is 4.00 e. The molecule has 0 atom stereocenters. The number of hydrogen-bond acceptors (Lipinski definition) is 8. The van der Waals surface area contributed by atoms with Crippen LogP contribution in [0.15, 0.2) is 47.3 Å². The molecule has 0 amide bonds. The van der Waals surface area contributed by atoms with Crippen LogP contribution in [0.2, 0.25) is 0 Å². The van der Waals surface area contributed by atoms with E-state index < -0.39 is 120 Å². The summed E-state index contributed by atoms with van der Waals surface area (Å²) < 4.78 is 271. The first-order chi connectivity index (χ1) is 22.2. The summed E-state index contributed by atoms with van der Waals surface area (Å²) in [6.45, 7) is 0. The van der Waals surface area contributed by atoms with E-state index in [4.69, 9.17) is 0 Å². The van der Waals surface area contributed by atoms with Crippen LogP contribution in [0, 0.1) is 39.9 Å². The van der Waals surface area contributed by atoms with Crippen LogP contribution < -0.4 is 20.4 Å². The van der Waals surface area contributed by atoms with E-state index in [0.717, 1.165) is 0 Å². The standard InChI is InChI=1S/4C5H2F6O2.Th/c4*6-4(7,8)2(12)1-3(13)5(9,10)11;/h4*1,12H;/q;;;;+4/p-4/b4*2-1-;. The summed E-state index contributed by atoms with van der Waals surface area (Å²) in [6.07, 6.45) is -47.8. The maximum Gasteiger partial charge on any atom is 4.00 e. The van der Waals surface area contributed by atoms with Gasteiger partial charge in [0.05, 0.1) is 0 Å². The molecule has 8 nitrogen and oxygen atoms in total. The van der Waals surface area contributed by atoms with Gasteiger partial charge in [0, 0.05) is 0 Å². The summed E-state index contributed by atoms with van der Waals surface area (Å²) in [5.41, 5.74) is 0. The van der Waals surface area contributed by atoms with Gasteiger partial charge in [-0.1, -0.05) is 0 Å². The first-order valence-electron chi connectivity index (χ1n) is 10.5. The summed E-state index contributed by atoms with van der Waals surface area (Å²) in [5, 5.41) is 39.3. The van der Waals surface area contributed by atoms with Crippen LogP contribution in [-0.4, -0.2) is 72.5 Å². The number of halogens is 24. The molecule has 0 saturated heterocycles. The van der Waals surface area contributed by atoms with E-state index in [-0.39, 0.29) is 39.9 Å². The molecule has 0 saturated carbocycles. The van der Waals surface area contributed by atoms with Crippen molar-refractivity contribution in [3.8, 4) is 0 Å². The Hall–Kier alpha value is -3.52. The predicted molar refractivity (Wildman–Crippen MR) is 101 cm³/mol. The maximum absolute atomic E-state index is 11.3. The van der Waals surface area contributed by atoms with Crippen molar-refractivity contribution in [2.45, 2.75) is 49.4 Å². The van der Waals surface area contributed by atoms with Crippen molar-refractivity contribution in [3.05, 3.63) is 47.3 Å². The predicted octanol–water partition coefficient (Wildman–Crippen LogP) is 3.70. The van der Waals surface area contributed by atoms with E-state index in [1.807, 2.05) is 0 Å². The van der Waals surface area contributed by atoms with Crippen molar-refractivity contribution in [2.75, 3.05) is 0 Å². The third kappa shape index (κ3) is 28.6. The van der Waals surface area contributed by atoms with Crippen LogP contribution in [0.5, 0.6) is 0 Å². The van der Waals surface area contributed by atoms with Gasteiger partial charge >= 0.3 is 89.4 Å². The number of allylic oxidation sites excluding steroid dienone is 8. The molecule has 0 aliphatic rings. The molecule has 0 aromatic carbocycles. The van der Waals surface area contributed by atoms with E-state index in [9.17, 15) is 145 Å². The van der Waals surface area contributed by atoms with Gasteiger partial charge in [-0.3, -0.25) is 19.2 Å². The number of rotatable bonds is 4. The van der Waals surface area contributed by atoms with Gasteiger partial charge in [-0.15, -0.1) is 0 Å². The third-order valence-electron chi connectivity index (χ3n) is 3.28. The van der Waals surface area contributed by atoms with Gasteiger partial charge in [-0.25, -0.2) is 0 Å². The topological polar surface area (TPSA) is 161 Å². The molecular weight excluding hydrogens is 1060 g/mol. The van der Waals surface area contributed by atoms with Crippen molar-refractivity contribution >= 4 is 23.1 Å². The van der Waals surface area contributed by atoms with Crippen molar-refractivity contribution in [2.24, 2.45) is 0 Å². The van der Waals surface area contributed by atoms with Crippen molar-refractivity contribution in [1.82, 2.24) is 0 Å². The van der Waals surface area contributed by atoms with Crippen LogP contribution in [0.4, 0.5) is 105 Å². The summed E-state index contributed by atoms with van der Waals surface area (Å²) in [4.78, 5) is 39.3. The van der Waals surface area contributed by atoms with Crippen LogP contribution in [-0.2, 0) is 19.2 Å². The zero-order chi connectivity index (χ0) is 43.4. The van der Waals surface area contributed by atoms with Crippen molar-refractivity contribution < 1.29 is 185 Å². The van der Waals surface area contributed by atoms with E-state index in [1.54, 1.807) is 0 Å². The van der Waals surface area contributed by atoms with Gasteiger partial charge in [-0.2, -0.15) is 105 Å². The van der Waals surface area contributed by atoms with Gasteiger partial charge in [0.25, 0.3) is 23.1 Å². The van der Waals surface area contributed by atoms with E-state index in [0.29, 0.717) is 0 Å². The van der Waals surface area contributed by atoms with E-state index in [1.165, 1.54) is 0 Å². The number of hydrogen-bond donors (Lipinski definition) is 0. The van der Waals surface area contributed by atoms with Crippen LogP contribution >= 0.6 is 0 Å². The van der Waals surface area contributed by atoms with Crippen LogP contribution in [0.25, 0.3) is 0 Å². The molecule has 0 unspecified atom stereocenters. The molecule has 0 bridgehead atoms. The molecule has 0 rings (SSSR count). The average molecular weight is 1060 g/mol. The smallest absolute Gasteiger partial charge is 0.869 e. The Balaban J connectivity index is -0.000000192. The van der Waals surface area contributed by atoms with Gasteiger partial charge in [0.15, 0.2) is 0 Å². The van der Waals surface area contributed by atoms with Gasteiger partial charge in [0.1, 0.15) is 0 Å². The summed E-state index contributed by atoms with van der Waals surface area (Å²) in [5.74, 6) is -22.6. The molecule has 0 fully saturated rings. The minimum absolute atomic E-state index is 0. The second-order valence-electron chi connectivity index (χ2n) is 7.47. The first-order valence-corrected chi connectivity index (χ1v) is 10.5. The molecule has 0 aromatic heterocycles. The quantitative estimate of drug-likeness (QED) is 0.234. The zero-order valence-electron chi connectivity index (χ0n) is 23.1. The Labute approximate surface area is 304 Å². The first kappa shape index (κ1) is 58.8. The zero-order valence-corrected chi connectivity index (χ0v) is 27.3. The molecular formula is C20H4F24O8Th. The van der Waals surface area contributed by atoms with Crippen molar-refractivity contribution in [3.63, 3.8) is 0 Å². The minimum atomic E-state index is -5.46. The SMILES string of the molecule is O=C(/C=C(\[O-])C(F)(F)F)C(F)(F)F.O=C(/C=C(\[O-])C(F)(F)F)C(F)(F)F.O=C(/C=C(\[O-])C(F)(F)F)C(F)(F)F.O=C(/C=C(\[O-])C(F)(F)F)C(F)(F)F.[Th+4]. The van der Waals surface area contributed by atoms with Gasteiger partial charge in [0.2, 0.25) is 0 Å². The minimum Gasteiger partial charge on any atom is -0.869 e. The number of carbonyl (C=O) groups is 4. The van der Waals surface area contributed by atoms with Gasteiger partial charge in [-0.05, 0) is 47.3 Å². The molecule has 0 spiro atoms. The summed E-state index contributed by atoms with van der Waals surface area (Å²) >= 11 is 0. The summed E-state index contributed by atoms with van der Waals surface area (Å²) in [6, 6.07) is 0. The van der Waals surface area contributed by atoms with Gasteiger partial charge < -0.3 is 20.4 Å². The molecule has 0 aliphatic heterocycles. The maximum atomic E-state index is 11.3. The van der Waals surface area contributed by atoms with Crippen molar-refractivity contribution in [1.29, 1.82) is 0 Å². The molecule has 33 heteroatoms. The molecule has 304 valence electrons. The van der Waals surface area contributed by atoms with Crippen LogP contribution in [0.3, 0.4) is 0 Å². The Morgan fingerprint density at radius 1 is 0.264 bits per heavy atom. The Morgan fingerprint density at radius 2 is 0.358 bits per heavy atom. The fraction of sp³-hybridized carbons (Fsp3) is 0.400. The fourth-order valence-electron chi connectivity index (χ4n) is 1.13. The molecule has 0 radical (unpaired) electrons. The molecule has 0 aromatic rings. The normalized spacial score (nSPS) is 14.2. The average Bonchev–Trinajstić information content (AvgIpc) is 2.85. The van der Waals surface area contributed by atoms with E-state index in [2.05, 4.69) is 0 Å². The third-order valence-corrected chi connectivity index (χ3v) is 3.28. The molecule has 53 heavy (non-hydrogen) atoms. The molecule has 0 aliphatic carbocycles. The molecule has 0 heterocycles. The number of ketones is 4. The van der Waals surface area contributed by atoms with E-state index >= 15 is 0 Å². The second-order valence-corrected chi connectivity index (χ2v) is 7.47. The number of alkyl halides is 24. The fourth-order valence-corrected chi connectivity index (χ4v) is 1.13. The number of carbonyl (C=O) groups excluding carboxylic acids is 4. The Kier molecular flexibility index (Phi) is 23.1. The summed E-state index contributed by atoms with van der Waals surface area (Å²) in [7, 11) is 0. The Morgan fingerprint density at radius 3 is 0.415 bits per heavy atom. The molecule has 0 N–H and O–H groups in total. The Bertz CT molecular complexity index is 1150. The second kappa shape index (κ2) is 20.8. The monoisotopic (exact) mass is 1060 g/mol.